The topological polar surface area (TPSA) is 71.2 Å². The van der Waals surface area contributed by atoms with E-state index in [-0.39, 0.29) is 18.0 Å². The standard InChI is InChI=1S/C27H20ClF3N4O3S/c1-37-19-9-12-21(22(28)13-19)24-14-23-25(33-35(24)17-5-10-20(39-2)11-6-17)26(36)34(32-23)15-16-3-7-18(8-4-16)38-27(29,30)31/h3-14H,15H2,1-2H3. The molecule has 3 aromatic carbocycles. The highest BCUT2D eigenvalue weighted by molar-refractivity contribution is 7.98. The molecule has 0 fully saturated rings. The molecular weight excluding hydrogens is 553 g/mol. The molecule has 12 heteroatoms. The van der Waals surface area contributed by atoms with Crippen molar-refractivity contribution in [3.8, 4) is 39.8 Å². The van der Waals surface area contributed by atoms with Crippen molar-refractivity contribution in [3.05, 3.63) is 93.7 Å². The minimum absolute atomic E-state index is 0.0303. The van der Waals surface area contributed by atoms with Crippen molar-refractivity contribution >= 4 is 23.4 Å². The Kier molecular flexibility index (Phi) is 7.28. The number of ether oxygens (including phenoxy) is 2. The maximum absolute atomic E-state index is 13.3. The number of hydrogen-bond acceptors (Lipinski definition) is 6. The van der Waals surface area contributed by atoms with Crippen LogP contribution in [-0.4, -0.2) is 39.3 Å². The molecular formula is C27H20ClF3N4O3S. The van der Waals surface area contributed by atoms with Crippen molar-refractivity contribution in [1.29, 1.82) is 0 Å². The molecule has 2 heterocycles. The number of aromatic nitrogens is 4. The maximum atomic E-state index is 13.3. The van der Waals surface area contributed by atoms with Crippen LogP contribution < -0.4 is 15.0 Å². The lowest BCUT2D eigenvalue weighted by Gasteiger charge is -2.16. The second-order valence-corrected chi connectivity index (χ2v) is 9.66. The summed E-state index contributed by atoms with van der Waals surface area (Å²) in [5, 5.41) is 9.53. The van der Waals surface area contributed by atoms with Crippen LogP contribution in [0.4, 0.5) is 13.2 Å². The molecule has 0 radical (unpaired) electrons. The first kappa shape index (κ1) is 26.6. The fourth-order valence-corrected chi connectivity index (χ4v) is 4.69. The van der Waals surface area contributed by atoms with E-state index in [1.807, 2.05) is 30.5 Å². The minimum atomic E-state index is -4.79. The molecule has 0 saturated heterocycles. The Morgan fingerprint density at radius 2 is 1.64 bits per heavy atom. The third-order valence-corrected chi connectivity index (χ3v) is 6.92. The molecule has 0 saturated carbocycles. The van der Waals surface area contributed by atoms with Crippen LogP contribution in [-0.2, 0) is 6.54 Å². The van der Waals surface area contributed by atoms with E-state index in [1.165, 1.54) is 28.9 Å². The summed E-state index contributed by atoms with van der Waals surface area (Å²) in [7, 11) is 1.55. The van der Waals surface area contributed by atoms with Gasteiger partial charge in [0.05, 0.1) is 30.1 Å². The van der Waals surface area contributed by atoms with Crippen molar-refractivity contribution in [2.24, 2.45) is 0 Å². The number of nitrogens with zero attached hydrogens (tertiary/aromatic N) is 4. The average molecular weight is 573 g/mol. The normalized spacial score (nSPS) is 11.6. The molecule has 0 unspecified atom stereocenters. The van der Waals surface area contributed by atoms with Gasteiger partial charge in [-0.25, -0.2) is 9.36 Å². The Bertz CT molecular complexity index is 1650. The molecule has 2 aliphatic heterocycles. The zero-order valence-corrected chi connectivity index (χ0v) is 22.1. The molecule has 39 heavy (non-hydrogen) atoms. The maximum Gasteiger partial charge on any atom is 0.573 e. The van der Waals surface area contributed by atoms with E-state index in [9.17, 15) is 18.0 Å². The van der Waals surface area contributed by atoms with Gasteiger partial charge in [0, 0.05) is 10.5 Å². The molecule has 0 N–H and O–H groups in total. The van der Waals surface area contributed by atoms with Crippen molar-refractivity contribution in [3.63, 3.8) is 0 Å². The lowest BCUT2D eigenvalue weighted by Crippen LogP contribution is -2.19. The van der Waals surface area contributed by atoms with Gasteiger partial charge in [-0.3, -0.25) is 4.79 Å². The number of benzene rings is 3. The van der Waals surface area contributed by atoms with Gasteiger partial charge in [0.2, 0.25) is 0 Å². The summed E-state index contributed by atoms with van der Waals surface area (Å²) in [6.45, 7) is 0.0303. The first-order valence-electron chi connectivity index (χ1n) is 11.5. The lowest BCUT2D eigenvalue weighted by atomic mass is 10.1. The van der Waals surface area contributed by atoms with E-state index >= 15 is 0 Å². The Labute approximate surface area is 230 Å². The van der Waals surface area contributed by atoms with E-state index in [1.54, 1.807) is 47.8 Å². The Morgan fingerprint density at radius 1 is 0.949 bits per heavy atom. The number of thioether (sulfide) groups is 1. The third-order valence-electron chi connectivity index (χ3n) is 5.87. The highest BCUT2D eigenvalue weighted by Gasteiger charge is 2.31. The fourth-order valence-electron chi connectivity index (χ4n) is 4.01. The predicted molar refractivity (Wildman–Crippen MR) is 143 cm³/mol. The van der Waals surface area contributed by atoms with Gasteiger partial charge in [0.15, 0.2) is 5.69 Å². The Hall–Kier alpha value is -3.96. The SMILES string of the molecule is COc1ccc(-c2cc3nn(Cc4ccc(OC(F)(F)F)cc4)c(=O)c-3nn2-c2ccc(SC)cc2)c(Cl)c1. The van der Waals surface area contributed by atoms with Crippen LogP contribution in [0.1, 0.15) is 5.56 Å². The van der Waals surface area contributed by atoms with E-state index in [2.05, 4.69) is 14.9 Å². The van der Waals surface area contributed by atoms with Gasteiger partial charge in [-0.15, -0.1) is 24.9 Å². The Balaban J connectivity index is 1.59. The summed E-state index contributed by atoms with van der Waals surface area (Å²) in [4.78, 5) is 14.3. The Morgan fingerprint density at radius 3 is 2.26 bits per heavy atom. The molecule has 0 amide bonds. The van der Waals surface area contributed by atoms with Crippen molar-refractivity contribution in [2.45, 2.75) is 17.8 Å². The third kappa shape index (κ3) is 5.74. The van der Waals surface area contributed by atoms with Crippen LogP contribution >= 0.6 is 23.4 Å². The second kappa shape index (κ2) is 10.7. The fraction of sp³-hybridized carbons (Fsp3) is 0.148. The van der Waals surface area contributed by atoms with Crippen LogP contribution in [0.3, 0.4) is 0 Å². The molecule has 0 bridgehead atoms. The quantitative estimate of drug-likeness (QED) is 0.206. The summed E-state index contributed by atoms with van der Waals surface area (Å²) in [6.07, 6.45) is -2.81. The molecule has 7 nitrogen and oxygen atoms in total. The van der Waals surface area contributed by atoms with Gasteiger partial charge >= 0.3 is 6.36 Å². The number of methoxy groups -OCH3 is 1. The molecule has 5 rings (SSSR count). The van der Waals surface area contributed by atoms with Gasteiger partial charge in [0.25, 0.3) is 5.56 Å². The van der Waals surface area contributed by atoms with Gasteiger partial charge in [-0.2, -0.15) is 10.2 Å². The number of halogens is 4. The first-order chi connectivity index (χ1) is 18.6. The molecule has 0 aliphatic carbocycles. The zero-order valence-electron chi connectivity index (χ0n) is 20.6. The van der Waals surface area contributed by atoms with Crippen LogP contribution in [0.2, 0.25) is 5.02 Å². The van der Waals surface area contributed by atoms with E-state index in [0.717, 1.165) is 4.90 Å². The van der Waals surface area contributed by atoms with E-state index < -0.39 is 11.9 Å². The summed E-state index contributed by atoms with van der Waals surface area (Å²) >= 11 is 8.21. The van der Waals surface area contributed by atoms with Gasteiger partial charge in [-0.1, -0.05) is 23.7 Å². The average Bonchev–Trinajstić information content (AvgIpc) is 3.22. The molecule has 200 valence electrons. The zero-order chi connectivity index (χ0) is 27.7. The second-order valence-electron chi connectivity index (χ2n) is 8.37. The van der Waals surface area contributed by atoms with E-state index in [4.69, 9.17) is 16.3 Å². The van der Waals surface area contributed by atoms with E-state index in [0.29, 0.717) is 39.0 Å². The summed E-state index contributed by atoms with van der Waals surface area (Å²) in [6, 6.07) is 19.9. The van der Waals surface area contributed by atoms with Crippen LogP contribution in [0.15, 0.2) is 82.5 Å². The van der Waals surface area contributed by atoms with Crippen molar-refractivity contribution in [2.75, 3.05) is 13.4 Å². The van der Waals surface area contributed by atoms with Crippen molar-refractivity contribution < 1.29 is 22.6 Å². The van der Waals surface area contributed by atoms with Crippen LogP contribution in [0.25, 0.3) is 28.3 Å². The van der Waals surface area contributed by atoms with Gasteiger partial charge < -0.3 is 9.47 Å². The number of rotatable bonds is 7. The molecule has 0 atom stereocenters. The molecule has 0 spiro atoms. The lowest BCUT2D eigenvalue weighted by molar-refractivity contribution is -0.274. The first-order valence-corrected chi connectivity index (χ1v) is 13.1. The predicted octanol–water partition coefficient (Wildman–Crippen LogP) is 6.53. The largest absolute Gasteiger partial charge is 0.573 e. The molecule has 2 aliphatic rings. The minimum Gasteiger partial charge on any atom is -0.497 e. The van der Waals surface area contributed by atoms with Crippen LogP contribution in [0.5, 0.6) is 11.5 Å². The number of alkyl halides is 3. The molecule has 3 aromatic rings. The van der Waals surface area contributed by atoms with Crippen LogP contribution in [0, 0.1) is 0 Å². The summed E-state index contributed by atoms with van der Waals surface area (Å²) < 4.78 is 49.4. The van der Waals surface area contributed by atoms with Gasteiger partial charge in [-0.05, 0) is 72.5 Å². The summed E-state index contributed by atoms with van der Waals surface area (Å²) in [5.41, 5.74) is 2.57. The highest BCUT2D eigenvalue weighted by Crippen LogP contribution is 2.34. The summed E-state index contributed by atoms with van der Waals surface area (Å²) in [5.74, 6) is 0.238. The highest BCUT2D eigenvalue weighted by atomic mass is 35.5. The number of fused-ring (bicyclic) bond motifs is 1. The molecule has 0 aromatic heterocycles. The number of hydrogen-bond donors (Lipinski definition) is 0. The monoisotopic (exact) mass is 572 g/mol. The smallest absolute Gasteiger partial charge is 0.497 e. The van der Waals surface area contributed by atoms with Gasteiger partial charge in [0.1, 0.15) is 17.2 Å². The van der Waals surface area contributed by atoms with Crippen molar-refractivity contribution in [1.82, 2.24) is 19.6 Å².